The molecule has 2 rings (SSSR count). The van der Waals surface area contributed by atoms with Crippen LogP contribution in [0.25, 0.3) is 0 Å². The summed E-state index contributed by atoms with van der Waals surface area (Å²) in [6.07, 6.45) is 1.32. The van der Waals surface area contributed by atoms with Crippen LogP contribution in [-0.4, -0.2) is 50.0 Å². The minimum Gasteiger partial charge on any atom is -0.496 e. The van der Waals surface area contributed by atoms with Crippen LogP contribution >= 0.6 is 0 Å². The van der Waals surface area contributed by atoms with E-state index < -0.39 is 5.60 Å². The van der Waals surface area contributed by atoms with Crippen LogP contribution in [0, 0.1) is 0 Å². The van der Waals surface area contributed by atoms with E-state index in [9.17, 15) is 4.79 Å². The van der Waals surface area contributed by atoms with E-state index in [2.05, 4.69) is 0 Å². The SMILES string of the molecule is COc1cc(OC)cc(OC2CCN(C(=O)OC(C)(C)C)CC2)c1. The summed E-state index contributed by atoms with van der Waals surface area (Å²) in [6.45, 7) is 6.87. The molecule has 134 valence electrons. The molecule has 0 radical (unpaired) electrons. The fraction of sp³-hybridized carbons (Fsp3) is 0.611. The number of amides is 1. The number of methoxy groups -OCH3 is 2. The maximum atomic E-state index is 12.1. The van der Waals surface area contributed by atoms with Gasteiger partial charge in [0.15, 0.2) is 0 Å². The van der Waals surface area contributed by atoms with Gasteiger partial charge < -0.3 is 23.8 Å². The molecule has 1 aromatic carbocycles. The Kier molecular flexibility index (Phi) is 5.80. The van der Waals surface area contributed by atoms with Crippen molar-refractivity contribution in [2.75, 3.05) is 27.3 Å². The highest BCUT2D eigenvalue weighted by Gasteiger charge is 2.27. The molecule has 1 saturated heterocycles. The lowest BCUT2D eigenvalue weighted by Gasteiger charge is -2.33. The summed E-state index contributed by atoms with van der Waals surface area (Å²) in [4.78, 5) is 13.8. The Morgan fingerprint density at radius 3 is 1.96 bits per heavy atom. The lowest BCUT2D eigenvalue weighted by atomic mass is 10.1. The lowest BCUT2D eigenvalue weighted by Crippen LogP contribution is -2.44. The smallest absolute Gasteiger partial charge is 0.410 e. The standard InChI is InChI=1S/C18H27NO5/c1-18(2,3)24-17(20)19-8-6-13(7-9-19)23-16-11-14(21-4)10-15(12-16)22-5/h10-13H,6-9H2,1-5H3. The Labute approximate surface area is 143 Å². The molecule has 0 saturated carbocycles. The van der Waals surface area contributed by atoms with Crippen molar-refractivity contribution in [1.82, 2.24) is 4.90 Å². The van der Waals surface area contributed by atoms with Crippen LogP contribution in [0.2, 0.25) is 0 Å². The third kappa shape index (κ3) is 5.22. The Balaban J connectivity index is 1.90. The number of ether oxygens (including phenoxy) is 4. The first-order valence-electron chi connectivity index (χ1n) is 8.18. The van der Waals surface area contributed by atoms with Gasteiger partial charge in [0.1, 0.15) is 29.0 Å². The Bertz CT molecular complexity index is 537. The molecular formula is C18H27NO5. The van der Waals surface area contributed by atoms with Crippen LogP contribution in [0.15, 0.2) is 18.2 Å². The van der Waals surface area contributed by atoms with E-state index in [1.165, 1.54) is 0 Å². The van der Waals surface area contributed by atoms with Crippen LogP contribution in [-0.2, 0) is 4.74 Å². The highest BCUT2D eigenvalue weighted by atomic mass is 16.6. The zero-order chi connectivity index (χ0) is 17.7. The number of rotatable bonds is 4. The molecule has 0 aromatic heterocycles. The van der Waals surface area contributed by atoms with E-state index in [-0.39, 0.29) is 12.2 Å². The lowest BCUT2D eigenvalue weighted by molar-refractivity contribution is 0.0126. The zero-order valence-electron chi connectivity index (χ0n) is 15.1. The number of likely N-dealkylation sites (tertiary alicyclic amines) is 1. The highest BCUT2D eigenvalue weighted by molar-refractivity contribution is 5.68. The molecule has 1 heterocycles. The van der Waals surface area contributed by atoms with E-state index in [4.69, 9.17) is 18.9 Å². The van der Waals surface area contributed by atoms with E-state index >= 15 is 0 Å². The topological polar surface area (TPSA) is 57.2 Å². The minimum atomic E-state index is -0.471. The van der Waals surface area contributed by atoms with Crippen LogP contribution in [0.5, 0.6) is 17.2 Å². The summed E-state index contributed by atoms with van der Waals surface area (Å²) in [6, 6.07) is 5.48. The molecule has 0 atom stereocenters. The molecule has 0 aliphatic carbocycles. The second-order valence-electron chi connectivity index (χ2n) is 6.83. The molecule has 0 spiro atoms. The summed E-state index contributed by atoms with van der Waals surface area (Å²) in [5, 5.41) is 0. The largest absolute Gasteiger partial charge is 0.496 e. The van der Waals surface area contributed by atoms with Crippen LogP contribution in [0.4, 0.5) is 4.79 Å². The summed E-state index contributed by atoms with van der Waals surface area (Å²) in [5.74, 6) is 2.09. The highest BCUT2D eigenvalue weighted by Crippen LogP contribution is 2.29. The van der Waals surface area contributed by atoms with Gasteiger partial charge in [0.05, 0.1) is 14.2 Å². The van der Waals surface area contributed by atoms with E-state index in [1.54, 1.807) is 25.2 Å². The van der Waals surface area contributed by atoms with Crippen molar-refractivity contribution in [3.05, 3.63) is 18.2 Å². The van der Waals surface area contributed by atoms with Gasteiger partial charge in [0.2, 0.25) is 0 Å². The number of hydrogen-bond donors (Lipinski definition) is 0. The molecule has 0 unspecified atom stereocenters. The molecule has 24 heavy (non-hydrogen) atoms. The van der Waals surface area contributed by atoms with Gasteiger partial charge in [-0.3, -0.25) is 0 Å². The molecule has 1 aliphatic heterocycles. The predicted octanol–water partition coefficient (Wildman–Crippen LogP) is 3.48. The van der Waals surface area contributed by atoms with Gasteiger partial charge >= 0.3 is 6.09 Å². The maximum Gasteiger partial charge on any atom is 0.410 e. The number of nitrogens with zero attached hydrogens (tertiary/aromatic N) is 1. The van der Waals surface area contributed by atoms with Gasteiger partial charge in [0, 0.05) is 44.1 Å². The van der Waals surface area contributed by atoms with Crippen LogP contribution < -0.4 is 14.2 Å². The Hall–Kier alpha value is -2.11. The molecule has 1 amide bonds. The molecule has 0 bridgehead atoms. The number of carbonyl (C=O) groups excluding carboxylic acids is 1. The van der Waals surface area contributed by atoms with Crippen LogP contribution in [0.1, 0.15) is 33.6 Å². The fourth-order valence-corrected chi connectivity index (χ4v) is 2.52. The fourth-order valence-electron chi connectivity index (χ4n) is 2.52. The maximum absolute atomic E-state index is 12.1. The van der Waals surface area contributed by atoms with E-state index in [0.29, 0.717) is 30.3 Å². The van der Waals surface area contributed by atoms with Crippen LogP contribution in [0.3, 0.4) is 0 Å². The molecule has 6 heteroatoms. The van der Waals surface area contributed by atoms with Crippen molar-refractivity contribution < 1.29 is 23.7 Å². The van der Waals surface area contributed by atoms with E-state index in [1.807, 2.05) is 32.9 Å². The quantitative estimate of drug-likeness (QED) is 0.842. The normalized spacial score (nSPS) is 15.8. The average molecular weight is 337 g/mol. The van der Waals surface area contributed by atoms with Gasteiger partial charge in [-0.05, 0) is 20.8 Å². The number of benzene rings is 1. The van der Waals surface area contributed by atoms with Gasteiger partial charge in [-0.1, -0.05) is 0 Å². The monoisotopic (exact) mass is 337 g/mol. The van der Waals surface area contributed by atoms with E-state index in [0.717, 1.165) is 12.8 Å². The van der Waals surface area contributed by atoms with Crippen molar-refractivity contribution in [3.8, 4) is 17.2 Å². The first kappa shape index (κ1) is 18.2. The van der Waals surface area contributed by atoms with Crippen molar-refractivity contribution >= 4 is 6.09 Å². The third-order valence-corrected chi connectivity index (χ3v) is 3.72. The number of piperidine rings is 1. The molecule has 1 aliphatic rings. The van der Waals surface area contributed by atoms with Gasteiger partial charge in [-0.15, -0.1) is 0 Å². The number of hydrogen-bond acceptors (Lipinski definition) is 5. The predicted molar refractivity (Wildman–Crippen MR) is 91.0 cm³/mol. The second-order valence-corrected chi connectivity index (χ2v) is 6.83. The minimum absolute atomic E-state index is 0.0560. The summed E-state index contributed by atoms with van der Waals surface area (Å²) < 4.78 is 21.9. The Morgan fingerprint density at radius 1 is 1.00 bits per heavy atom. The first-order valence-corrected chi connectivity index (χ1v) is 8.18. The zero-order valence-corrected chi connectivity index (χ0v) is 15.1. The summed E-state index contributed by atoms with van der Waals surface area (Å²) in [7, 11) is 3.22. The molecule has 6 nitrogen and oxygen atoms in total. The molecule has 1 fully saturated rings. The summed E-state index contributed by atoms with van der Waals surface area (Å²) in [5.41, 5.74) is -0.471. The van der Waals surface area contributed by atoms with Gasteiger partial charge in [-0.2, -0.15) is 0 Å². The summed E-state index contributed by atoms with van der Waals surface area (Å²) >= 11 is 0. The Morgan fingerprint density at radius 2 is 1.50 bits per heavy atom. The first-order chi connectivity index (χ1) is 11.3. The van der Waals surface area contributed by atoms with Gasteiger partial charge in [-0.25, -0.2) is 4.79 Å². The molecule has 0 N–H and O–H groups in total. The van der Waals surface area contributed by atoms with Crippen molar-refractivity contribution in [2.24, 2.45) is 0 Å². The van der Waals surface area contributed by atoms with Crippen molar-refractivity contribution in [1.29, 1.82) is 0 Å². The van der Waals surface area contributed by atoms with Crippen molar-refractivity contribution in [2.45, 2.75) is 45.3 Å². The van der Waals surface area contributed by atoms with Crippen molar-refractivity contribution in [3.63, 3.8) is 0 Å². The third-order valence-electron chi connectivity index (χ3n) is 3.72. The second kappa shape index (κ2) is 7.64. The van der Waals surface area contributed by atoms with Gasteiger partial charge in [0.25, 0.3) is 0 Å². The molecule has 1 aromatic rings. The molecular weight excluding hydrogens is 310 g/mol. The average Bonchev–Trinajstić information content (AvgIpc) is 2.53. The number of carbonyl (C=O) groups is 1.